The molecule has 0 atom stereocenters. The number of benzene rings is 1. The second-order valence-electron chi connectivity index (χ2n) is 5.52. The largest absolute Gasteiger partial charge is 0.346 e. The first-order valence-corrected chi connectivity index (χ1v) is 9.43. The zero-order valence-electron chi connectivity index (χ0n) is 13.0. The van der Waals surface area contributed by atoms with Crippen molar-refractivity contribution in [1.29, 1.82) is 0 Å². The van der Waals surface area contributed by atoms with Gasteiger partial charge < -0.3 is 10.3 Å². The number of nitrogens with zero attached hydrogens (tertiary/aromatic N) is 2. The summed E-state index contributed by atoms with van der Waals surface area (Å²) in [5, 5.41) is 5.84. The number of thiazole rings is 1. The Morgan fingerprint density at radius 3 is 2.85 bits per heavy atom. The highest BCUT2D eigenvalue weighted by atomic mass is 35.5. The molecule has 4 nitrogen and oxygen atoms in total. The number of H-pyrrole nitrogens is 1. The smallest absolute Gasteiger partial charge is 0.188 e. The predicted octanol–water partition coefficient (Wildman–Crippen LogP) is 6.45. The predicted molar refractivity (Wildman–Crippen MR) is 106 cm³/mol. The van der Waals surface area contributed by atoms with E-state index < -0.39 is 5.82 Å². The third kappa shape index (κ3) is 3.50. The van der Waals surface area contributed by atoms with Gasteiger partial charge in [0.15, 0.2) is 5.13 Å². The Balaban J connectivity index is 1.61. The van der Waals surface area contributed by atoms with Crippen molar-refractivity contribution >= 4 is 68.0 Å². The lowest BCUT2D eigenvalue weighted by atomic mass is 10.1. The van der Waals surface area contributed by atoms with E-state index in [1.807, 2.05) is 12.3 Å². The van der Waals surface area contributed by atoms with Crippen LogP contribution < -0.4 is 5.32 Å². The van der Waals surface area contributed by atoms with E-state index in [1.54, 1.807) is 12.3 Å². The molecule has 0 saturated heterocycles. The monoisotopic (exact) mass is 426 g/mol. The molecular weight excluding hydrogens is 418 g/mol. The van der Waals surface area contributed by atoms with E-state index in [2.05, 4.69) is 20.3 Å². The van der Waals surface area contributed by atoms with Gasteiger partial charge >= 0.3 is 0 Å². The van der Waals surface area contributed by atoms with Crippen LogP contribution in [0.2, 0.25) is 15.2 Å². The molecule has 0 bridgehead atoms. The Kier molecular flexibility index (Phi) is 4.75. The van der Waals surface area contributed by atoms with Crippen molar-refractivity contribution in [2.45, 2.75) is 6.42 Å². The van der Waals surface area contributed by atoms with Crippen LogP contribution in [0, 0.1) is 5.82 Å². The van der Waals surface area contributed by atoms with Gasteiger partial charge in [-0.25, -0.2) is 14.4 Å². The fourth-order valence-corrected chi connectivity index (χ4v) is 4.13. The first-order valence-electron chi connectivity index (χ1n) is 7.48. The van der Waals surface area contributed by atoms with Crippen molar-refractivity contribution in [3.63, 3.8) is 0 Å². The first kappa shape index (κ1) is 17.5. The number of aromatic amines is 1. The summed E-state index contributed by atoms with van der Waals surface area (Å²) in [6.45, 7) is 0. The fourth-order valence-electron chi connectivity index (χ4n) is 2.55. The van der Waals surface area contributed by atoms with Crippen LogP contribution in [0.5, 0.6) is 0 Å². The van der Waals surface area contributed by atoms with E-state index in [1.165, 1.54) is 23.5 Å². The number of anilines is 2. The standard InChI is InChI=1S/C17H10Cl3FN4S/c18-9-4-11-8(6-22-16(11)23-7-9)3-14-15(20)25-17(26-14)24-13-2-1-10(21)5-12(13)19/h1-2,4-7H,3H2,(H,22,23)(H,24,25). The van der Waals surface area contributed by atoms with E-state index in [0.29, 0.717) is 27.4 Å². The number of hydrogen-bond acceptors (Lipinski definition) is 4. The molecule has 3 heterocycles. The topological polar surface area (TPSA) is 53.6 Å². The Morgan fingerprint density at radius 2 is 2.04 bits per heavy atom. The zero-order valence-corrected chi connectivity index (χ0v) is 16.1. The lowest BCUT2D eigenvalue weighted by Crippen LogP contribution is -1.90. The lowest BCUT2D eigenvalue weighted by molar-refractivity contribution is 0.628. The normalized spacial score (nSPS) is 11.2. The number of halogens is 4. The molecule has 0 saturated carbocycles. The molecule has 26 heavy (non-hydrogen) atoms. The molecule has 0 radical (unpaired) electrons. The van der Waals surface area contributed by atoms with Crippen LogP contribution in [0.3, 0.4) is 0 Å². The molecule has 2 N–H and O–H groups in total. The molecule has 0 aliphatic heterocycles. The van der Waals surface area contributed by atoms with Crippen LogP contribution >= 0.6 is 46.1 Å². The van der Waals surface area contributed by atoms with Crippen LogP contribution in [-0.4, -0.2) is 15.0 Å². The van der Waals surface area contributed by atoms with Gasteiger partial charge in [-0.1, -0.05) is 46.1 Å². The Bertz CT molecular complexity index is 1110. The fraction of sp³-hybridized carbons (Fsp3) is 0.0588. The maximum Gasteiger partial charge on any atom is 0.188 e. The minimum atomic E-state index is -0.398. The van der Waals surface area contributed by atoms with E-state index >= 15 is 0 Å². The van der Waals surface area contributed by atoms with Gasteiger partial charge in [0.25, 0.3) is 0 Å². The van der Waals surface area contributed by atoms with Crippen LogP contribution in [0.25, 0.3) is 11.0 Å². The Labute approximate surface area is 167 Å². The van der Waals surface area contributed by atoms with Gasteiger partial charge in [-0.3, -0.25) is 0 Å². The average molecular weight is 428 g/mol. The van der Waals surface area contributed by atoms with Gasteiger partial charge in [-0.05, 0) is 29.8 Å². The molecule has 0 fully saturated rings. The van der Waals surface area contributed by atoms with Crippen molar-refractivity contribution in [3.05, 3.63) is 68.1 Å². The van der Waals surface area contributed by atoms with Crippen molar-refractivity contribution in [2.24, 2.45) is 0 Å². The van der Waals surface area contributed by atoms with Gasteiger partial charge in [-0.2, -0.15) is 0 Å². The number of hydrogen-bond donors (Lipinski definition) is 2. The highest BCUT2D eigenvalue weighted by Crippen LogP contribution is 2.34. The number of pyridine rings is 1. The molecule has 0 aliphatic carbocycles. The number of rotatable bonds is 4. The maximum atomic E-state index is 13.2. The molecule has 132 valence electrons. The number of fused-ring (bicyclic) bond motifs is 1. The average Bonchev–Trinajstić information content (AvgIpc) is 3.14. The molecule has 0 spiro atoms. The van der Waals surface area contributed by atoms with E-state index in [0.717, 1.165) is 21.5 Å². The van der Waals surface area contributed by atoms with Crippen LogP contribution in [-0.2, 0) is 6.42 Å². The first-order chi connectivity index (χ1) is 12.5. The van der Waals surface area contributed by atoms with Gasteiger partial charge in [0.2, 0.25) is 0 Å². The summed E-state index contributed by atoms with van der Waals surface area (Å²) >= 11 is 19.8. The van der Waals surface area contributed by atoms with Gasteiger partial charge in [0.1, 0.15) is 16.6 Å². The third-order valence-electron chi connectivity index (χ3n) is 3.76. The van der Waals surface area contributed by atoms with E-state index in [9.17, 15) is 4.39 Å². The molecule has 3 aromatic heterocycles. The second kappa shape index (κ2) is 7.04. The molecule has 4 rings (SSSR count). The lowest BCUT2D eigenvalue weighted by Gasteiger charge is -2.04. The van der Waals surface area contributed by atoms with Gasteiger partial charge in [-0.15, -0.1) is 0 Å². The van der Waals surface area contributed by atoms with Gasteiger partial charge in [0.05, 0.1) is 20.6 Å². The number of aromatic nitrogens is 3. The Hall–Kier alpha value is -1.86. The number of nitrogens with one attached hydrogen (secondary N) is 2. The minimum absolute atomic E-state index is 0.273. The molecule has 0 aliphatic rings. The molecular formula is C17H10Cl3FN4S. The maximum absolute atomic E-state index is 13.2. The summed E-state index contributed by atoms with van der Waals surface area (Å²) < 4.78 is 13.2. The quantitative estimate of drug-likeness (QED) is 0.393. The van der Waals surface area contributed by atoms with E-state index in [-0.39, 0.29) is 5.02 Å². The molecule has 1 aromatic carbocycles. The molecule has 0 unspecified atom stereocenters. The van der Waals surface area contributed by atoms with Crippen molar-refractivity contribution in [3.8, 4) is 0 Å². The second-order valence-corrected chi connectivity index (χ2v) is 7.81. The highest BCUT2D eigenvalue weighted by Gasteiger charge is 2.14. The molecule has 4 aromatic rings. The summed E-state index contributed by atoms with van der Waals surface area (Å²) in [7, 11) is 0. The van der Waals surface area contributed by atoms with Crippen LogP contribution in [0.1, 0.15) is 10.4 Å². The summed E-state index contributed by atoms with van der Waals surface area (Å²) in [4.78, 5) is 12.6. The SMILES string of the molecule is Fc1ccc(Nc2nc(Cl)c(Cc3c[nH]c4ncc(Cl)cc34)s2)c(Cl)c1. The summed E-state index contributed by atoms with van der Waals surface area (Å²) in [5.41, 5.74) is 2.35. The van der Waals surface area contributed by atoms with Crippen molar-refractivity contribution in [2.75, 3.05) is 5.32 Å². The zero-order chi connectivity index (χ0) is 18.3. The van der Waals surface area contributed by atoms with Crippen molar-refractivity contribution in [1.82, 2.24) is 15.0 Å². The molecule has 9 heteroatoms. The summed E-state index contributed by atoms with van der Waals surface area (Å²) in [6.07, 6.45) is 4.06. The summed E-state index contributed by atoms with van der Waals surface area (Å²) in [6, 6.07) is 5.98. The third-order valence-corrected chi connectivity index (χ3v) is 5.67. The van der Waals surface area contributed by atoms with Crippen LogP contribution in [0.15, 0.2) is 36.7 Å². The molecule has 0 amide bonds. The Morgan fingerprint density at radius 1 is 1.19 bits per heavy atom. The minimum Gasteiger partial charge on any atom is -0.346 e. The van der Waals surface area contributed by atoms with Crippen LogP contribution in [0.4, 0.5) is 15.2 Å². The van der Waals surface area contributed by atoms with Crippen molar-refractivity contribution < 1.29 is 4.39 Å². The highest BCUT2D eigenvalue weighted by molar-refractivity contribution is 7.16. The van der Waals surface area contributed by atoms with Gasteiger partial charge in [0, 0.05) is 24.2 Å². The van der Waals surface area contributed by atoms with E-state index in [4.69, 9.17) is 34.8 Å². The summed E-state index contributed by atoms with van der Waals surface area (Å²) in [5.74, 6) is -0.398.